The average Bonchev–Trinajstić information content (AvgIpc) is 2.58. The predicted molar refractivity (Wildman–Crippen MR) is 62.9 cm³/mol. The maximum Gasteiger partial charge on any atom is 0.0537 e. The lowest BCUT2D eigenvalue weighted by molar-refractivity contribution is 0.389. The Morgan fingerprint density at radius 1 is 1.53 bits per heavy atom. The van der Waals surface area contributed by atoms with E-state index in [2.05, 4.69) is 48.4 Å². The van der Waals surface area contributed by atoms with Crippen LogP contribution < -0.4 is 5.32 Å². The molecule has 1 rings (SSSR count). The van der Waals surface area contributed by atoms with Crippen molar-refractivity contribution < 1.29 is 0 Å². The fraction of sp³-hybridized carbons (Fsp3) is 0.727. The van der Waals surface area contributed by atoms with Gasteiger partial charge in [0.25, 0.3) is 0 Å². The van der Waals surface area contributed by atoms with Crippen LogP contribution in [0.5, 0.6) is 0 Å². The molecule has 15 heavy (non-hydrogen) atoms. The van der Waals surface area contributed by atoms with Crippen LogP contribution in [-0.4, -0.2) is 42.3 Å². The maximum absolute atomic E-state index is 4.03. The van der Waals surface area contributed by atoms with Gasteiger partial charge in [-0.3, -0.25) is 5.10 Å². The lowest BCUT2D eigenvalue weighted by atomic mass is 10.1. The highest BCUT2D eigenvalue weighted by Gasteiger charge is 2.08. The van der Waals surface area contributed by atoms with E-state index in [4.69, 9.17) is 0 Å². The van der Waals surface area contributed by atoms with Gasteiger partial charge in [-0.15, -0.1) is 0 Å². The van der Waals surface area contributed by atoms with Gasteiger partial charge in [-0.05, 0) is 47.5 Å². The summed E-state index contributed by atoms with van der Waals surface area (Å²) in [7, 11) is 4.20. The van der Waals surface area contributed by atoms with Gasteiger partial charge in [0.05, 0.1) is 6.20 Å². The third kappa shape index (κ3) is 4.01. The van der Waals surface area contributed by atoms with Gasteiger partial charge in [0.15, 0.2) is 0 Å². The van der Waals surface area contributed by atoms with Gasteiger partial charge in [0, 0.05) is 17.3 Å². The molecule has 0 amide bonds. The highest BCUT2D eigenvalue weighted by molar-refractivity contribution is 5.18. The number of aromatic amines is 1. The van der Waals surface area contributed by atoms with Crippen LogP contribution in [0, 0.1) is 6.92 Å². The molecule has 1 aromatic heterocycles. The summed E-state index contributed by atoms with van der Waals surface area (Å²) in [4.78, 5) is 2.20. The average molecular weight is 210 g/mol. The van der Waals surface area contributed by atoms with Crippen LogP contribution in [0.15, 0.2) is 6.20 Å². The Kier molecular flexibility index (Phi) is 4.78. The molecule has 4 heteroatoms. The van der Waals surface area contributed by atoms with Crippen LogP contribution in [0.4, 0.5) is 0 Å². The van der Waals surface area contributed by atoms with Gasteiger partial charge in [0.2, 0.25) is 0 Å². The van der Waals surface area contributed by atoms with Gasteiger partial charge >= 0.3 is 0 Å². The topological polar surface area (TPSA) is 44.0 Å². The molecule has 0 saturated carbocycles. The lowest BCUT2D eigenvalue weighted by Gasteiger charge is -2.14. The number of nitrogens with zero attached hydrogens (tertiary/aromatic N) is 2. The predicted octanol–water partition coefficient (Wildman–Crippen LogP) is 1.32. The van der Waals surface area contributed by atoms with Gasteiger partial charge < -0.3 is 10.2 Å². The second kappa shape index (κ2) is 5.88. The van der Waals surface area contributed by atoms with E-state index in [-0.39, 0.29) is 0 Å². The second-order valence-corrected chi connectivity index (χ2v) is 4.28. The summed E-state index contributed by atoms with van der Waals surface area (Å²) < 4.78 is 0. The van der Waals surface area contributed by atoms with Gasteiger partial charge in [-0.25, -0.2) is 0 Å². The van der Waals surface area contributed by atoms with Crippen molar-refractivity contribution in [3.05, 3.63) is 17.5 Å². The Balaban J connectivity index is 2.25. The zero-order valence-electron chi connectivity index (χ0n) is 10.2. The van der Waals surface area contributed by atoms with Crippen LogP contribution in [0.2, 0.25) is 0 Å². The molecule has 1 unspecified atom stereocenters. The number of hydrogen-bond donors (Lipinski definition) is 2. The van der Waals surface area contributed by atoms with E-state index in [1.165, 1.54) is 12.0 Å². The minimum Gasteiger partial charge on any atom is -0.310 e. The molecule has 0 spiro atoms. The van der Waals surface area contributed by atoms with Crippen LogP contribution in [0.25, 0.3) is 0 Å². The third-order valence-electron chi connectivity index (χ3n) is 2.57. The summed E-state index contributed by atoms with van der Waals surface area (Å²) in [5, 5.41) is 10.5. The van der Waals surface area contributed by atoms with E-state index in [0.717, 1.165) is 18.8 Å². The largest absolute Gasteiger partial charge is 0.310 e. The number of hydrogen-bond acceptors (Lipinski definition) is 3. The summed E-state index contributed by atoms with van der Waals surface area (Å²) >= 11 is 0. The normalized spacial score (nSPS) is 13.4. The third-order valence-corrected chi connectivity index (χ3v) is 2.57. The van der Waals surface area contributed by atoms with Crippen molar-refractivity contribution in [3.8, 4) is 0 Å². The minimum atomic E-state index is 0.380. The second-order valence-electron chi connectivity index (χ2n) is 4.28. The van der Waals surface area contributed by atoms with Gasteiger partial charge in [0.1, 0.15) is 0 Å². The van der Waals surface area contributed by atoms with Crippen molar-refractivity contribution >= 4 is 0 Å². The first-order valence-electron chi connectivity index (χ1n) is 5.49. The molecule has 86 valence electrons. The number of aryl methyl sites for hydroxylation is 1. The molecule has 0 aromatic carbocycles. The molecule has 0 aliphatic rings. The van der Waals surface area contributed by atoms with E-state index in [0.29, 0.717) is 6.04 Å². The zero-order chi connectivity index (χ0) is 11.3. The molecule has 0 radical (unpaired) electrons. The highest BCUT2D eigenvalue weighted by Crippen LogP contribution is 2.13. The fourth-order valence-electron chi connectivity index (χ4n) is 1.62. The zero-order valence-corrected chi connectivity index (χ0v) is 10.2. The molecule has 0 bridgehead atoms. The molecule has 0 fully saturated rings. The summed E-state index contributed by atoms with van der Waals surface area (Å²) in [5.74, 6) is 0. The summed E-state index contributed by atoms with van der Waals surface area (Å²) in [6.45, 7) is 6.40. The van der Waals surface area contributed by atoms with Crippen LogP contribution >= 0.6 is 0 Å². The Morgan fingerprint density at radius 3 is 2.80 bits per heavy atom. The molecule has 0 aliphatic carbocycles. The van der Waals surface area contributed by atoms with Crippen molar-refractivity contribution in [2.45, 2.75) is 26.3 Å². The number of aromatic nitrogens is 2. The maximum atomic E-state index is 4.03. The molecule has 0 aliphatic heterocycles. The fourth-order valence-corrected chi connectivity index (χ4v) is 1.62. The Bertz CT molecular complexity index is 280. The number of rotatable bonds is 6. The standard InChI is InChI=1S/C11H22N4/c1-9(11-8-13-14-10(11)2)12-6-5-7-15(3)4/h8-9,12H,5-7H2,1-4H3,(H,13,14). The van der Waals surface area contributed by atoms with Crippen molar-refractivity contribution in [1.29, 1.82) is 0 Å². The van der Waals surface area contributed by atoms with E-state index >= 15 is 0 Å². The van der Waals surface area contributed by atoms with Crippen molar-refractivity contribution in [2.75, 3.05) is 27.2 Å². The van der Waals surface area contributed by atoms with Gasteiger partial charge in [-0.2, -0.15) is 5.10 Å². The lowest BCUT2D eigenvalue weighted by Crippen LogP contribution is -2.24. The van der Waals surface area contributed by atoms with Crippen molar-refractivity contribution in [1.82, 2.24) is 20.4 Å². The summed E-state index contributed by atoms with van der Waals surface area (Å²) in [6, 6.07) is 0.380. The van der Waals surface area contributed by atoms with E-state index in [1.807, 2.05) is 6.20 Å². The SMILES string of the molecule is Cc1[nH]ncc1C(C)NCCCN(C)C. The van der Waals surface area contributed by atoms with Crippen LogP contribution in [0.3, 0.4) is 0 Å². The minimum absolute atomic E-state index is 0.380. The first-order chi connectivity index (χ1) is 7.11. The van der Waals surface area contributed by atoms with Crippen LogP contribution in [-0.2, 0) is 0 Å². The Hall–Kier alpha value is -0.870. The summed E-state index contributed by atoms with van der Waals surface area (Å²) in [6.07, 6.45) is 3.08. The monoisotopic (exact) mass is 210 g/mol. The van der Waals surface area contributed by atoms with Crippen molar-refractivity contribution in [2.24, 2.45) is 0 Å². The molecule has 1 aromatic rings. The number of nitrogens with one attached hydrogen (secondary N) is 2. The first-order valence-corrected chi connectivity index (χ1v) is 5.49. The smallest absolute Gasteiger partial charge is 0.0537 e. The molecule has 1 atom stereocenters. The van der Waals surface area contributed by atoms with Crippen LogP contribution in [0.1, 0.15) is 30.6 Å². The Morgan fingerprint density at radius 2 is 2.27 bits per heavy atom. The van der Waals surface area contributed by atoms with E-state index in [1.54, 1.807) is 0 Å². The van der Waals surface area contributed by atoms with E-state index in [9.17, 15) is 0 Å². The first kappa shape index (κ1) is 12.2. The molecule has 4 nitrogen and oxygen atoms in total. The Labute approximate surface area is 92.1 Å². The van der Waals surface area contributed by atoms with E-state index < -0.39 is 0 Å². The molecule has 0 saturated heterocycles. The summed E-state index contributed by atoms with van der Waals surface area (Å²) in [5.41, 5.74) is 2.42. The molecule has 2 N–H and O–H groups in total. The highest BCUT2D eigenvalue weighted by atomic mass is 15.1. The molecular formula is C11H22N4. The number of H-pyrrole nitrogens is 1. The molecular weight excluding hydrogens is 188 g/mol. The quantitative estimate of drug-likeness (QED) is 0.696. The molecule has 1 heterocycles. The van der Waals surface area contributed by atoms with Crippen molar-refractivity contribution in [3.63, 3.8) is 0 Å². The van der Waals surface area contributed by atoms with Gasteiger partial charge in [-0.1, -0.05) is 0 Å².